The number of carbonyl (C=O) groups is 2. The Morgan fingerprint density at radius 2 is 1.83 bits per heavy atom. The second-order valence-electron chi connectivity index (χ2n) is 5.33. The Bertz CT molecular complexity index is 757. The largest absolute Gasteiger partial charge is 0.452 e. The highest BCUT2D eigenvalue weighted by molar-refractivity contribution is 7.90. The van der Waals surface area contributed by atoms with E-state index >= 15 is 0 Å². The van der Waals surface area contributed by atoms with Gasteiger partial charge in [-0.2, -0.15) is 0 Å². The predicted molar refractivity (Wildman–Crippen MR) is 90.1 cm³/mol. The van der Waals surface area contributed by atoms with Gasteiger partial charge in [-0.3, -0.25) is 4.79 Å². The van der Waals surface area contributed by atoms with Gasteiger partial charge in [0.1, 0.15) is 5.54 Å². The molecule has 0 aliphatic rings. The van der Waals surface area contributed by atoms with Gasteiger partial charge in [-0.1, -0.05) is 31.9 Å². The molecule has 0 heterocycles. The first-order chi connectivity index (χ1) is 11.2. The fourth-order valence-electron chi connectivity index (χ4n) is 2.14. The van der Waals surface area contributed by atoms with Gasteiger partial charge >= 0.3 is 5.97 Å². The summed E-state index contributed by atoms with van der Waals surface area (Å²) in [5.74, 6) is 1.12. The van der Waals surface area contributed by atoms with E-state index in [0.717, 1.165) is 6.26 Å². The Hall–Kier alpha value is -2.33. The molecule has 0 unspecified atom stereocenters. The van der Waals surface area contributed by atoms with Crippen molar-refractivity contribution in [1.82, 2.24) is 5.32 Å². The Morgan fingerprint density at radius 3 is 2.33 bits per heavy atom. The standard InChI is InChI=1S/C17H21NO5S/c1-5-17(6-2,7-3)18-15(19)12-23-16(20)13-10-8-9-11-14(13)24(4,21)22/h1,8-11H,6-7,12H2,2-4H3,(H,18,19). The third-order valence-corrected chi connectivity index (χ3v) is 4.86. The lowest BCUT2D eigenvalue weighted by Crippen LogP contribution is -2.48. The zero-order chi connectivity index (χ0) is 18.4. The summed E-state index contributed by atoms with van der Waals surface area (Å²) in [5.41, 5.74) is -0.893. The molecule has 24 heavy (non-hydrogen) atoms. The van der Waals surface area contributed by atoms with Crippen LogP contribution in [0.3, 0.4) is 0 Å². The first kappa shape index (κ1) is 19.7. The Morgan fingerprint density at radius 1 is 1.25 bits per heavy atom. The zero-order valence-electron chi connectivity index (χ0n) is 14.0. The lowest BCUT2D eigenvalue weighted by molar-refractivity contribution is -0.125. The molecule has 1 aromatic rings. The Balaban J connectivity index is 2.82. The Kier molecular flexibility index (Phi) is 6.55. The molecule has 6 nitrogen and oxygen atoms in total. The van der Waals surface area contributed by atoms with E-state index in [2.05, 4.69) is 11.2 Å². The second-order valence-corrected chi connectivity index (χ2v) is 7.31. The zero-order valence-corrected chi connectivity index (χ0v) is 14.8. The number of esters is 1. The molecule has 0 saturated heterocycles. The van der Waals surface area contributed by atoms with Crippen LogP contribution in [0.25, 0.3) is 0 Å². The molecule has 0 radical (unpaired) electrons. The topological polar surface area (TPSA) is 89.5 Å². The fraction of sp³-hybridized carbons (Fsp3) is 0.412. The van der Waals surface area contributed by atoms with Crippen LogP contribution in [0.5, 0.6) is 0 Å². The minimum absolute atomic E-state index is 0.109. The molecule has 130 valence electrons. The van der Waals surface area contributed by atoms with Gasteiger partial charge in [0.25, 0.3) is 5.91 Å². The number of rotatable bonds is 7. The monoisotopic (exact) mass is 351 g/mol. The average molecular weight is 351 g/mol. The molecule has 0 saturated carbocycles. The van der Waals surface area contributed by atoms with Gasteiger partial charge in [0.05, 0.1) is 10.5 Å². The van der Waals surface area contributed by atoms with Crippen molar-refractivity contribution in [2.24, 2.45) is 0 Å². The molecule has 0 aliphatic carbocycles. The van der Waals surface area contributed by atoms with Crippen LogP contribution in [-0.2, 0) is 19.4 Å². The molecule has 0 aliphatic heterocycles. The number of hydrogen-bond donors (Lipinski definition) is 1. The summed E-state index contributed by atoms with van der Waals surface area (Å²) in [6, 6.07) is 5.66. The van der Waals surface area contributed by atoms with Gasteiger partial charge in [-0.25, -0.2) is 13.2 Å². The van der Waals surface area contributed by atoms with Crippen LogP contribution in [0.15, 0.2) is 29.2 Å². The minimum Gasteiger partial charge on any atom is -0.452 e. The van der Waals surface area contributed by atoms with Crippen molar-refractivity contribution in [1.29, 1.82) is 0 Å². The normalized spacial score (nSPS) is 11.4. The number of amides is 1. The summed E-state index contributed by atoms with van der Waals surface area (Å²) in [6.07, 6.45) is 7.52. The number of carbonyl (C=O) groups excluding carboxylic acids is 2. The molecule has 1 N–H and O–H groups in total. The van der Waals surface area contributed by atoms with Gasteiger partial charge in [-0.05, 0) is 25.0 Å². The van der Waals surface area contributed by atoms with Gasteiger partial charge < -0.3 is 10.1 Å². The van der Waals surface area contributed by atoms with Crippen molar-refractivity contribution < 1.29 is 22.7 Å². The van der Waals surface area contributed by atoms with E-state index in [1.165, 1.54) is 24.3 Å². The molecule has 0 fully saturated rings. The van der Waals surface area contributed by atoms with Crippen LogP contribution in [0.4, 0.5) is 0 Å². The van der Waals surface area contributed by atoms with E-state index in [0.29, 0.717) is 12.8 Å². The molecular formula is C17H21NO5S. The van der Waals surface area contributed by atoms with Crippen molar-refractivity contribution in [2.45, 2.75) is 37.1 Å². The van der Waals surface area contributed by atoms with Crippen molar-refractivity contribution in [3.8, 4) is 12.3 Å². The summed E-state index contributed by atoms with van der Waals surface area (Å²) >= 11 is 0. The lowest BCUT2D eigenvalue weighted by atomic mass is 9.94. The maximum atomic E-state index is 12.1. The molecule has 1 rings (SSSR count). The summed E-state index contributed by atoms with van der Waals surface area (Å²) < 4.78 is 28.3. The van der Waals surface area contributed by atoms with Crippen LogP contribution < -0.4 is 5.32 Å². The summed E-state index contributed by atoms with van der Waals surface area (Å²) in [5, 5.41) is 2.66. The van der Waals surface area contributed by atoms with Crippen molar-refractivity contribution in [3.63, 3.8) is 0 Å². The first-order valence-electron chi connectivity index (χ1n) is 7.44. The van der Waals surface area contributed by atoms with Crippen LogP contribution in [0.2, 0.25) is 0 Å². The minimum atomic E-state index is -3.59. The van der Waals surface area contributed by atoms with Gasteiger partial charge in [-0.15, -0.1) is 6.42 Å². The fourth-order valence-corrected chi connectivity index (χ4v) is 3.01. The summed E-state index contributed by atoms with van der Waals surface area (Å²) in [7, 11) is -3.59. The van der Waals surface area contributed by atoms with Crippen LogP contribution in [0.1, 0.15) is 37.0 Å². The van der Waals surface area contributed by atoms with Gasteiger partial charge in [0, 0.05) is 6.26 Å². The second kappa shape index (κ2) is 7.97. The third kappa shape index (κ3) is 4.83. The maximum absolute atomic E-state index is 12.1. The van der Waals surface area contributed by atoms with Crippen molar-refractivity contribution in [2.75, 3.05) is 12.9 Å². The van der Waals surface area contributed by atoms with Crippen LogP contribution >= 0.6 is 0 Å². The molecule has 0 aromatic heterocycles. The molecule has 1 amide bonds. The van der Waals surface area contributed by atoms with E-state index in [9.17, 15) is 18.0 Å². The summed E-state index contributed by atoms with van der Waals surface area (Å²) in [6.45, 7) is 3.15. The highest BCUT2D eigenvalue weighted by Crippen LogP contribution is 2.17. The molecular weight excluding hydrogens is 330 g/mol. The third-order valence-electron chi connectivity index (χ3n) is 3.70. The number of hydrogen-bond acceptors (Lipinski definition) is 5. The molecule has 7 heteroatoms. The SMILES string of the molecule is C#CC(CC)(CC)NC(=O)COC(=O)c1ccccc1S(C)(=O)=O. The van der Waals surface area contributed by atoms with Gasteiger partial charge in [0.2, 0.25) is 0 Å². The Labute approximate surface area is 142 Å². The van der Waals surface area contributed by atoms with Crippen LogP contribution in [-0.4, -0.2) is 38.7 Å². The number of ether oxygens (including phenoxy) is 1. The van der Waals surface area contributed by atoms with Gasteiger partial charge in [0.15, 0.2) is 16.4 Å². The molecule has 0 bridgehead atoms. The first-order valence-corrected chi connectivity index (χ1v) is 9.33. The van der Waals surface area contributed by atoms with E-state index in [4.69, 9.17) is 11.2 Å². The number of benzene rings is 1. The van der Waals surface area contributed by atoms with Crippen molar-refractivity contribution in [3.05, 3.63) is 29.8 Å². The smallest absolute Gasteiger partial charge is 0.339 e. The van der Waals surface area contributed by atoms with Crippen molar-refractivity contribution >= 4 is 21.7 Å². The lowest BCUT2D eigenvalue weighted by Gasteiger charge is -2.26. The molecule has 0 spiro atoms. The number of terminal acetylenes is 1. The maximum Gasteiger partial charge on any atom is 0.339 e. The van der Waals surface area contributed by atoms with E-state index in [1.807, 2.05) is 13.8 Å². The van der Waals surface area contributed by atoms with E-state index < -0.39 is 33.9 Å². The average Bonchev–Trinajstić information content (AvgIpc) is 2.57. The predicted octanol–water partition coefficient (Wildman–Crippen LogP) is 1.56. The quantitative estimate of drug-likeness (QED) is 0.595. The highest BCUT2D eigenvalue weighted by atomic mass is 32.2. The number of sulfone groups is 1. The number of nitrogens with one attached hydrogen (secondary N) is 1. The highest BCUT2D eigenvalue weighted by Gasteiger charge is 2.26. The van der Waals surface area contributed by atoms with Crippen LogP contribution in [0, 0.1) is 12.3 Å². The summed E-state index contributed by atoms with van der Waals surface area (Å²) in [4.78, 5) is 23.9. The van der Waals surface area contributed by atoms with E-state index in [-0.39, 0.29) is 10.5 Å². The molecule has 1 aromatic carbocycles. The molecule has 0 atom stereocenters. The van der Waals surface area contributed by atoms with E-state index in [1.54, 1.807) is 0 Å².